The summed E-state index contributed by atoms with van der Waals surface area (Å²) in [4.78, 5) is 2.26. The summed E-state index contributed by atoms with van der Waals surface area (Å²) in [5, 5.41) is 1.94. The molecular formula is C10H24N2O3S2. The minimum absolute atomic E-state index is 0. The molecule has 1 fully saturated rings. The Bertz CT molecular complexity index is 288. The number of hydroxylamine groups is 2. The maximum atomic E-state index is 10.9. The molecule has 1 saturated heterocycles. The van der Waals surface area contributed by atoms with Crippen LogP contribution in [0.15, 0.2) is 0 Å². The van der Waals surface area contributed by atoms with Gasteiger partial charge in [0, 0.05) is 50.2 Å². The number of hydrogen-bond acceptors (Lipinski definition) is 6. The topological polar surface area (TPSA) is 49.9 Å². The Morgan fingerprint density at radius 3 is 2.35 bits per heavy atom. The molecule has 0 bridgehead atoms. The van der Waals surface area contributed by atoms with Crippen molar-refractivity contribution in [2.24, 2.45) is 0 Å². The van der Waals surface area contributed by atoms with Crippen LogP contribution < -0.4 is 0 Å². The molecule has 1 heterocycles. The summed E-state index contributed by atoms with van der Waals surface area (Å²) in [6, 6.07) is 0. The molecule has 5 nitrogen and oxygen atoms in total. The van der Waals surface area contributed by atoms with Crippen molar-refractivity contribution in [1.29, 1.82) is 0 Å². The van der Waals surface area contributed by atoms with E-state index in [-0.39, 0.29) is 13.2 Å². The summed E-state index contributed by atoms with van der Waals surface area (Å²) in [6.07, 6.45) is 1.91. The predicted octanol–water partition coefficient (Wildman–Crippen LogP) is 0.884. The second-order valence-electron chi connectivity index (χ2n) is 4.11. The van der Waals surface area contributed by atoms with Crippen LogP contribution in [0.1, 0.15) is 13.8 Å². The van der Waals surface area contributed by atoms with E-state index in [9.17, 15) is 8.42 Å². The van der Waals surface area contributed by atoms with Gasteiger partial charge in [-0.1, -0.05) is 7.43 Å². The van der Waals surface area contributed by atoms with Crippen LogP contribution >= 0.6 is 12.0 Å². The third-order valence-corrected chi connectivity index (χ3v) is 4.16. The first kappa shape index (κ1) is 17.2. The molecule has 0 aromatic rings. The van der Waals surface area contributed by atoms with Crippen LogP contribution in [-0.4, -0.2) is 69.4 Å². The zero-order valence-electron chi connectivity index (χ0n) is 9.89. The standard InChI is InChI=1S/C9H20N2O3S2.CH4/c1-10-4-6-11(7-5-10)14-15-8-3-9-16(2,12)13;/h3-9H2,1-2H3;1H4. The van der Waals surface area contributed by atoms with Crippen LogP contribution in [0.2, 0.25) is 0 Å². The molecule has 0 radical (unpaired) electrons. The van der Waals surface area contributed by atoms with Crippen LogP contribution in [-0.2, 0) is 14.1 Å². The smallest absolute Gasteiger partial charge is 0.147 e. The van der Waals surface area contributed by atoms with Crippen molar-refractivity contribution in [1.82, 2.24) is 9.96 Å². The van der Waals surface area contributed by atoms with E-state index in [1.165, 1.54) is 18.3 Å². The molecule has 17 heavy (non-hydrogen) atoms. The lowest BCUT2D eigenvalue weighted by atomic mass is 10.4. The number of piperazine rings is 1. The lowest BCUT2D eigenvalue weighted by molar-refractivity contribution is -0.0673. The molecule has 0 aromatic heterocycles. The Balaban J connectivity index is 0.00000256. The fraction of sp³-hybridized carbons (Fsp3) is 1.00. The van der Waals surface area contributed by atoms with Crippen LogP contribution in [0.3, 0.4) is 0 Å². The zero-order chi connectivity index (χ0) is 12.0. The molecule has 1 rings (SSSR count). The predicted molar refractivity (Wildman–Crippen MR) is 73.7 cm³/mol. The van der Waals surface area contributed by atoms with Crippen molar-refractivity contribution >= 4 is 21.9 Å². The van der Waals surface area contributed by atoms with E-state index in [2.05, 4.69) is 11.9 Å². The minimum Gasteiger partial charge on any atom is -0.304 e. The highest BCUT2D eigenvalue weighted by atomic mass is 32.2. The van der Waals surface area contributed by atoms with Crippen molar-refractivity contribution in [3.8, 4) is 0 Å². The molecule has 0 atom stereocenters. The molecular weight excluding hydrogens is 260 g/mol. The Morgan fingerprint density at radius 1 is 1.24 bits per heavy atom. The molecule has 1 aliphatic rings. The molecule has 0 spiro atoms. The summed E-state index contributed by atoms with van der Waals surface area (Å²) >= 11 is 1.34. The van der Waals surface area contributed by atoms with Gasteiger partial charge in [-0.2, -0.15) is 5.06 Å². The maximum absolute atomic E-state index is 10.9. The van der Waals surface area contributed by atoms with Gasteiger partial charge in [-0.15, -0.1) is 0 Å². The van der Waals surface area contributed by atoms with Gasteiger partial charge in [0.25, 0.3) is 0 Å². The van der Waals surface area contributed by atoms with Crippen LogP contribution in [0.5, 0.6) is 0 Å². The second kappa shape index (κ2) is 8.31. The summed E-state index contributed by atoms with van der Waals surface area (Å²) in [5.74, 6) is 0.964. The summed E-state index contributed by atoms with van der Waals surface area (Å²) in [6.45, 7) is 3.86. The van der Waals surface area contributed by atoms with Crippen molar-refractivity contribution in [3.63, 3.8) is 0 Å². The normalized spacial score (nSPS) is 18.9. The number of hydrogen-bond donors (Lipinski definition) is 0. The van der Waals surface area contributed by atoms with E-state index >= 15 is 0 Å². The average molecular weight is 284 g/mol. The molecule has 0 N–H and O–H groups in total. The Morgan fingerprint density at radius 2 is 1.82 bits per heavy atom. The molecule has 104 valence electrons. The third kappa shape index (κ3) is 8.84. The molecule has 0 unspecified atom stereocenters. The van der Waals surface area contributed by atoms with E-state index in [0.29, 0.717) is 6.42 Å². The van der Waals surface area contributed by atoms with E-state index in [4.69, 9.17) is 4.28 Å². The molecule has 0 aromatic carbocycles. The second-order valence-corrected chi connectivity index (χ2v) is 7.17. The molecule has 0 saturated carbocycles. The van der Waals surface area contributed by atoms with E-state index in [1.54, 1.807) is 0 Å². The molecule has 7 heteroatoms. The highest BCUT2D eigenvalue weighted by molar-refractivity contribution is 7.94. The van der Waals surface area contributed by atoms with Gasteiger partial charge in [0.05, 0.1) is 5.75 Å². The first-order valence-electron chi connectivity index (χ1n) is 5.38. The maximum Gasteiger partial charge on any atom is 0.147 e. The van der Waals surface area contributed by atoms with Gasteiger partial charge in [-0.05, 0) is 13.5 Å². The summed E-state index contributed by atoms with van der Waals surface area (Å²) < 4.78 is 27.2. The number of nitrogens with zero attached hydrogens (tertiary/aromatic N) is 2. The lowest BCUT2D eigenvalue weighted by Gasteiger charge is -2.30. The van der Waals surface area contributed by atoms with Gasteiger partial charge in [-0.25, -0.2) is 12.7 Å². The fourth-order valence-electron chi connectivity index (χ4n) is 1.35. The van der Waals surface area contributed by atoms with E-state index < -0.39 is 9.84 Å². The van der Waals surface area contributed by atoms with Gasteiger partial charge in [-0.3, -0.25) is 0 Å². The van der Waals surface area contributed by atoms with Crippen molar-refractivity contribution in [2.75, 3.05) is 51.0 Å². The zero-order valence-corrected chi connectivity index (χ0v) is 11.5. The number of rotatable bonds is 6. The van der Waals surface area contributed by atoms with Crippen LogP contribution in [0, 0.1) is 0 Å². The summed E-state index contributed by atoms with van der Waals surface area (Å²) in [5.41, 5.74) is 0. The summed E-state index contributed by atoms with van der Waals surface area (Å²) in [7, 11) is -0.732. The first-order valence-corrected chi connectivity index (χ1v) is 8.35. The largest absolute Gasteiger partial charge is 0.304 e. The fourth-order valence-corrected chi connectivity index (χ4v) is 2.84. The van der Waals surface area contributed by atoms with Gasteiger partial charge >= 0.3 is 0 Å². The number of likely N-dealkylation sites (N-methyl/N-ethyl adjacent to an activating group) is 1. The minimum atomic E-state index is -2.83. The van der Waals surface area contributed by atoms with Crippen LogP contribution in [0.25, 0.3) is 0 Å². The van der Waals surface area contributed by atoms with E-state index in [0.717, 1.165) is 31.9 Å². The Kier molecular flexibility index (Phi) is 8.40. The quantitative estimate of drug-likeness (QED) is 0.533. The van der Waals surface area contributed by atoms with Gasteiger partial charge in [0.15, 0.2) is 0 Å². The average Bonchev–Trinajstić information content (AvgIpc) is 2.19. The Hall–Kier alpha value is 0.180. The first-order chi connectivity index (χ1) is 7.47. The van der Waals surface area contributed by atoms with E-state index in [1.807, 2.05) is 5.06 Å². The Labute approximate surface area is 110 Å². The molecule has 0 aliphatic carbocycles. The van der Waals surface area contributed by atoms with Gasteiger partial charge in [0.2, 0.25) is 0 Å². The lowest BCUT2D eigenvalue weighted by Crippen LogP contribution is -2.43. The van der Waals surface area contributed by atoms with Crippen molar-refractivity contribution in [3.05, 3.63) is 0 Å². The SMILES string of the molecule is C.CN1CCN(OSCCCS(C)(=O)=O)CC1. The van der Waals surface area contributed by atoms with Gasteiger partial charge < -0.3 is 4.90 Å². The monoisotopic (exact) mass is 284 g/mol. The van der Waals surface area contributed by atoms with Gasteiger partial charge in [0.1, 0.15) is 9.84 Å². The third-order valence-electron chi connectivity index (χ3n) is 2.36. The van der Waals surface area contributed by atoms with Crippen molar-refractivity contribution < 1.29 is 12.7 Å². The number of sulfone groups is 1. The molecule has 1 aliphatic heterocycles. The van der Waals surface area contributed by atoms with Crippen molar-refractivity contribution in [2.45, 2.75) is 13.8 Å². The molecule has 0 amide bonds. The highest BCUT2D eigenvalue weighted by Gasteiger charge is 2.14. The highest BCUT2D eigenvalue weighted by Crippen LogP contribution is 2.11. The van der Waals surface area contributed by atoms with Crippen LogP contribution in [0.4, 0.5) is 0 Å².